The summed E-state index contributed by atoms with van der Waals surface area (Å²) in [7, 11) is 0. The monoisotopic (exact) mass is 152 g/mol. The van der Waals surface area contributed by atoms with Gasteiger partial charge in [0.05, 0.1) is 0 Å². The third-order valence-corrected chi connectivity index (χ3v) is 1.58. The molecule has 1 rings (SSSR count). The van der Waals surface area contributed by atoms with Crippen molar-refractivity contribution in [1.29, 1.82) is 5.41 Å². The van der Waals surface area contributed by atoms with E-state index in [1.807, 2.05) is 12.1 Å². The summed E-state index contributed by atoms with van der Waals surface area (Å²) in [5.74, 6) is 0.0607. The van der Waals surface area contributed by atoms with Gasteiger partial charge in [-0.2, -0.15) is 0 Å². The van der Waals surface area contributed by atoms with Crippen LogP contribution in [0.15, 0.2) is 29.2 Å². The highest BCUT2D eigenvalue weighted by atomic mass is 32.1. The minimum Gasteiger partial charge on any atom is -0.384 e. The summed E-state index contributed by atoms with van der Waals surface area (Å²) in [6, 6.07) is 7.26. The Bertz CT molecular complexity index is 258. The molecule has 0 aromatic heterocycles. The second kappa shape index (κ2) is 2.75. The fraction of sp³-hybridized carbons (Fsp3) is 0. The van der Waals surface area contributed by atoms with Crippen LogP contribution in [-0.2, 0) is 0 Å². The Morgan fingerprint density at radius 3 is 2.40 bits per heavy atom. The van der Waals surface area contributed by atoms with E-state index in [-0.39, 0.29) is 5.84 Å². The molecule has 0 spiro atoms. The molecule has 0 bridgehead atoms. The van der Waals surface area contributed by atoms with Crippen LogP contribution < -0.4 is 5.73 Å². The van der Waals surface area contributed by atoms with E-state index in [0.29, 0.717) is 5.56 Å². The van der Waals surface area contributed by atoms with Gasteiger partial charge in [0.1, 0.15) is 5.84 Å². The average molecular weight is 152 g/mol. The number of amidine groups is 1. The summed E-state index contributed by atoms with van der Waals surface area (Å²) < 4.78 is 0. The van der Waals surface area contributed by atoms with Gasteiger partial charge >= 0.3 is 0 Å². The van der Waals surface area contributed by atoms with Crippen molar-refractivity contribution < 1.29 is 0 Å². The first kappa shape index (κ1) is 7.15. The van der Waals surface area contributed by atoms with Crippen molar-refractivity contribution in [2.75, 3.05) is 0 Å². The highest BCUT2D eigenvalue weighted by Crippen LogP contribution is 2.10. The van der Waals surface area contributed by atoms with Gasteiger partial charge in [-0.25, -0.2) is 0 Å². The van der Waals surface area contributed by atoms with Crippen LogP contribution in [0.4, 0.5) is 0 Å². The molecule has 0 aliphatic rings. The first-order valence-electron chi connectivity index (χ1n) is 2.84. The van der Waals surface area contributed by atoms with Gasteiger partial charge < -0.3 is 5.73 Å². The fourth-order valence-corrected chi connectivity index (χ4v) is 0.982. The number of benzene rings is 1. The van der Waals surface area contributed by atoms with Gasteiger partial charge in [0.15, 0.2) is 0 Å². The van der Waals surface area contributed by atoms with E-state index in [4.69, 9.17) is 11.1 Å². The average Bonchev–Trinajstić information content (AvgIpc) is 1.88. The lowest BCUT2D eigenvalue weighted by molar-refractivity contribution is 1.35. The predicted molar refractivity (Wildman–Crippen MR) is 44.7 cm³/mol. The molecule has 0 amide bonds. The molecule has 3 heteroatoms. The third-order valence-electron chi connectivity index (χ3n) is 1.19. The van der Waals surface area contributed by atoms with E-state index in [2.05, 4.69) is 12.6 Å². The van der Waals surface area contributed by atoms with Gasteiger partial charge in [-0.05, 0) is 6.07 Å². The quantitative estimate of drug-likeness (QED) is 0.317. The molecular formula is C7H8N2S. The molecule has 1 aromatic rings. The second-order valence-corrected chi connectivity index (χ2v) is 2.41. The number of rotatable bonds is 1. The molecule has 0 atom stereocenters. The third kappa shape index (κ3) is 1.30. The molecule has 2 nitrogen and oxygen atoms in total. The molecule has 3 N–H and O–H groups in total. The molecule has 0 aliphatic carbocycles. The Morgan fingerprint density at radius 1 is 1.40 bits per heavy atom. The Morgan fingerprint density at radius 2 is 2.00 bits per heavy atom. The standard InChI is InChI=1S/C7H8N2S/c8-7(9)5-3-1-2-4-6(5)10/h1-4,10H,(H3,8,9). The van der Waals surface area contributed by atoms with Crippen LogP contribution in [0.3, 0.4) is 0 Å². The molecule has 52 valence electrons. The smallest absolute Gasteiger partial charge is 0.123 e. The molecule has 0 saturated heterocycles. The summed E-state index contributed by atoms with van der Waals surface area (Å²) in [6.45, 7) is 0. The van der Waals surface area contributed by atoms with Gasteiger partial charge in [0, 0.05) is 10.5 Å². The number of nitrogen functional groups attached to an aromatic ring is 1. The molecule has 1 aromatic carbocycles. The summed E-state index contributed by atoms with van der Waals surface area (Å²) in [6.07, 6.45) is 0. The van der Waals surface area contributed by atoms with Gasteiger partial charge in [-0.1, -0.05) is 18.2 Å². The van der Waals surface area contributed by atoms with Gasteiger partial charge in [0.25, 0.3) is 0 Å². The first-order chi connectivity index (χ1) is 4.72. The van der Waals surface area contributed by atoms with E-state index in [0.717, 1.165) is 4.90 Å². The van der Waals surface area contributed by atoms with Crippen molar-refractivity contribution in [3.63, 3.8) is 0 Å². The summed E-state index contributed by atoms with van der Waals surface area (Å²) in [4.78, 5) is 0.745. The number of nitrogens with two attached hydrogens (primary N) is 1. The van der Waals surface area contributed by atoms with Crippen LogP contribution in [0.25, 0.3) is 0 Å². The molecule has 0 fully saturated rings. The van der Waals surface area contributed by atoms with E-state index in [1.165, 1.54) is 0 Å². The molecular weight excluding hydrogens is 144 g/mol. The second-order valence-electron chi connectivity index (χ2n) is 1.93. The highest BCUT2D eigenvalue weighted by Gasteiger charge is 1.97. The van der Waals surface area contributed by atoms with Crippen LogP contribution in [0.5, 0.6) is 0 Å². The first-order valence-corrected chi connectivity index (χ1v) is 3.29. The van der Waals surface area contributed by atoms with Crippen molar-refractivity contribution in [2.45, 2.75) is 4.90 Å². The fourth-order valence-electron chi connectivity index (χ4n) is 0.701. The van der Waals surface area contributed by atoms with Crippen LogP contribution in [0.2, 0.25) is 0 Å². The van der Waals surface area contributed by atoms with Crippen LogP contribution in [-0.4, -0.2) is 5.84 Å². The van der Waals surface area contributed by atoms with Crippen molar-refractivity contribution in [3.05, 3.63) is 29.8 Å². The molecule has 0 heterocycles. The van der Waals surface area contributed by atoms with Crippen LogP contribution in [0.1, 0.15) is 5.56 Å². The SMILES string of the molecule is N=C(N)c1ccccc1S. The lowest BCUT2D eigenvalue weighted by atomic mass is 10.2. The Hall–Kier alpha value is -0.960. The zero-order chi connectivity index (χ0) is 7.56. The van der Waals surface area contributed by atoms with Gasteiger partial charge in [-0.15, -0.1) is 12.6 Å². The van der Waals surface area contributed by atoms with E-state index in [9.17, 15) is 0 Å². The lowest BCUT2D eigenvalue weighted by Crippen LogP contribution is -2.11. The summed E-state index contributed by atoms with van der Waals surface area (Å²) in [5, 5.41) is 7.11. The van der Waals surface area contributed by atoms with Crippen molar-refractivity contribution in [2.24, 2.45) is 5.73 Å². The summed E-state index contributed by atoms with van der Waals surface area (Å²) >= 11 is 4.12. The maximum Gasteiger partial charge on any atom is 0.123 e. The summed E-state index contributed by atoms with van der Waals surface area (Å²) in [5.41, 5.74) is 5.93. The maximum atomic E-state index is 7.11. The van der Waals surface area contributed by atoms with Gasteiger partial charge in [0.2, 0.25) is 0 Å². The minimum absolute atomic E-state index is 0.0607. The van der Waals surface area contributed by atoms with Crippen molar-refractivity contribution >= 4 is 18.5 Å². The minimum atomic E-state index is 0.0607. The maximum absolute atomic E-state index is 7.11. The number of hydrogen-bond acceptors (Lipinski definition) is 2. The highest BCUT2D eigenvalue weighted by molar-refractivity contribution is 7.80. The van der Waals surface area contributed by atoms with Crippen molar-refractivity contribution in [1.82, 2.24) is 0 Å². The molecule has 10 heavy (non-hydrogen) atoms. The molecule has 0 radical (unpaired) electrons. The normalized spacial score (nSPS) is 9.30. The Balaban J connectivity index is 3.15. The van der Waals surface area contributed by atoms with Crippen LogP contribution >= 0.6 is 12.6 Å². The number of hydrogen-bond donors (Lipinski definition) is 3. The molecule has 0 unspecified atom stereocenters. The van der Waals surface area contributed by atoms with E-state index >= 15 is 0 Å². The molecule has 0 aliphatic heterocycles. The van der Waals surface area contributed by atoms with Crippen LogP contribution in [0, 0.1) is 5.41 Å². The van der Waals surface area contributed by atoms with E-state index in [1.54, 1.807) is 12.1 Å². The number of nitrogens with one attached hydrogen (secondary N) is 1. The zero-order valence-electron chi connectivity index (χ0n) is 5.33. The van der Waals surface area contributed by atoms with E-state index < -0.39 is 0 Å². The van der Waals surface area contributed by atoms with Crippen molar-refractivity contribution in [3.8, 4) is 0 Å². The zero-order valence-corrected chi connectivity index (χ0v) is 6.23. The predicted octanol–water partition coefficient (Wildman–Crippen LogP) is 1.26. The Labute approximate surface area is 65.0 Å². The topological polar surface area (TPSA) is 49.9 Å². The van der Waals surface area contributed by atoms with Gasteiger partial charge in [-0.3, -0.25) is 5.41 Å². The largest absolute Gasteiger partial charge is 0.384 e. The lowest BCUT2D eigenvalue weighted by Gasteiger charge is -1.99. The Kier molecular flexibility index (Phi) is 1.97. The number of thiol groups is 1. The molecule has 0 saturated carbocycles.